The van der Waals surface area contributed by atoms with Gasteiger partial charge in [-0.1, -0.05) is 71.4 Å². The van der Waals surface area contributed by atoms with Crippen LogP contribution in [0.1, 0.15) is 99.0 Å². The average molecular weight is 1050 g/mol. The number of likely N-dealkylation sites (tertiary alicyclic amines) is 1. The van der Waals surface area contributed by atoms with Gasteiger partial charge in [0.15, 0.2) is 5.78 Å². The lowest BCUT2D eigenvalue weighted by Gasteiger charge is -2.41. The van der Waals surface area contributed by atoms with E-state index in [4.69, 9.17) is 43.6 Å². The molecule has 3 N–H and O–H groups in total. The first-order chi connectivity index (χ1) is 35.3. The zero-order valence-electron chi connectivity index (χ0n) is 46.7. The van der Waals surface area contributed by atoms with E-state index in [1.165, 1.54) is 19.1 Å². The molecule has 19 heteroatoms. The number of carbonyl (C=O) groups is 6. The van der Waals surface area contributed by atoms with Crippen molar-refractivity contribution in [3.8, 4) is 0 Å². The van der Waals surface area contributed by atoms with Gasteiger partial charge >= 0.3 is 5.97 Å². The summed E-state index contributed by atoms with van der Waals surface area (Å²) in [5.41, 5.74) is 4.97. The molecular weight excluding hydrogens is 957 g/mol. The van der Waals surface area contributed by atoms with Gasteiger partial charge in [-0.05, 0) is 50.5 Å². The molecule has 0 spiro atoms. The predicted molar refractivity (Wildman–Crippen MR) is 280 cm³/mol. The van der Waals surface area contributed by atoms with E-state index in [-0.39, 0.29) is 86.4 Å². The van der Waals surface area contributed by atoms with Crippen LogP contribution in [0, 0.1) is 29.6 Å². The number of hydrogen-bond acceptors (Lipinski definition) is 15. The fourth-order valence-electron chi connectivity index (χ4n) is 9.34. The summed E-state index contributed by atoms with van der Waals surface area (Å²) in [5.74, 6) is -4.94. The Morgan fingerprint density at radius 2 is 1.28 bits per heavy atom. The minimum atomic E-state index is -1.23. The van der Waals surface area contributed by atoms with E-state index in [1.807, 2.05) is 58.0 Å². The Hall–Kier alpha value is -3.92. The number of nitrogens with two attached hydrogens (primary N) is 1. The number of hydrogen-bond donors (Lipinski definition) is 2. The highest BCUT2D eigenvalue weighted by Gasteiger charge is 2.44. The van der Waals surface area contributed by atoms with Crippen LogP contribution in [0.15, 0.2) is 30.3 Å². The lowest BCUT2D eigenvalue weighted by Crippen LogP contribution is -2.55. The second-order valence-electron chi connectivity index (χ2n) is 20.2. The summed E-state index contributed by atoms with van der Waals surface area (Å²) in [4.78, 5) is 87.2. The molecule has 1 aromatic carbocycles. The van der Waals surface area contributed by atoms with Crippen LogP contribution in [-0.2, 0) is 73.1 Å². The summed E-state index contributed by atoms with van der Waals surface area (Å²) in [7, 11) is 6.32. The first-order valence-electron chi connectivity index (χ1n) is 26.7. The molecule has 424 valence electrons. The molecule has 0 unspecified atom stereocenters. The van der Waals surface area contributed by atoms with Gasteiger partial charge in [-0.25, -0.2) is 0 Å². The topological polar surface area (TPSA) is 232 Å². The summed E-state index contributed by atoms with van der Waals surface area (Å²) in [6.45, 7) is 18.7. The Labute approximate surface area is 442 Å². The molecule has 1 heterocycles. The van der Waals surface area contributed by atoms with Crippen molar-refractivity contribution in [2.75, 3.05) is 121 Å². The summed E-state index contributed by atoms with van der Waals surface area (Å²) in [6, 6.07) is 8.25. The van der Waals surface area contributed by atoms with E-state index in [0.717, 1.165) is 5.56 Å². The maximum absolute atomic E-state index is 14.6. The van der Waals surface area contributed by atoms with Crippen LogP contribution in [0.5, 0.6) is 0 Å². The van der Waals surface area contributed by atoms with Crippen LogP contribution in [0.3, 0.4) is 0 Å². The number of nitrogens with zero attached hydrogens (tertiary/aromatic N) is 3. The number of amides is 3. The first kappa shape index (κ1) is 66.2. The third-order valence-corrected chi connectivity index (χ3v) is 14.5. The Kier molecular flexibility index (Phi) is 32.4. The van der Waals surface area contributed by atoms with Gasteiger partial charge in [-0.2, -0.15) is 0 Å². The molecule has 74 heavy (non-hydrogen) atoms. The number of methoxy groups -OCH3 is 2. The van der Waals surface area contributed by atoms with Crippen molar-refractivity contribution in [1.82, 2.24) is 14.7 Å². The molecule has 0 aliphatic carbocycles. The lowest BCUT2D eigenvalue weighted by atomic mass is 9.82. The molecule has 19 nitrogen and oxygen atoms in total. The minimum absolute atomic E-state index is 0.0458. The monoisotopic (exact) mass is 1050 g/mol. The maximum Gasteiger partial charge on any atom is 0.307 e. The molecule has 2 rings (SSSR count). The van der Waals surface area contributed by atoms with Crippen molar-refractivity contribution in [3.05, 3.63) is 35.9 Å². The number of benzene rings is 1. The number of likely N-dealkylation sites (N-methyl/N-ethyl adjacent to an activating group) is 2. The van der Waals surface area contributed by atoms with Gasteiger partial charge < -0.3 is 63.4 Å². The molecule has 0 saturated carbocycles. The number of carboxylic acids is 1. The van der Waals surface area contributed by atoms with Gasteiger partial charge in [0.05, 0.1) is 128 Å². The largest absolute Gasteiger partial charge is 0.481 e. The highest BCUT2D eigenvalue weighted by Crippen LogP contribution is 2.32. The maximum atomic E-state index is 14.6. The smallest absolute Gasteiger partial charge is 0.307 e. The summed E-state index contributed by atoms with van der Waals surface area (Å²) < 4.78 is 44.8. The molecule has 1 aliphatic rings. The van der Waals surface area contributed by atoms with Crippen LogP contribution in [-0.4, -0.2) is 206 Å². The second-order valence-corrected chi connectivity index (χ2v) is 20.2. The molecule has 0 bridgehead atoms. The van der Waals surface area contributed by atoms with E-state index >= 15 is 0 Å². The van der Waals surface area contributed by atoms with Gasteiger partial charge in [-0.15, -0.1) is 0 Å². The normalized spacial score (nSPS) is 16.8. The summed E-state index contributed by atoms with van der Waals surface area (Å²) in [5, 5.41) is 10.0. The summed E-state index contributed by atoms with van der Waals surface area (Å²) >= 11 is 0. The van der Waals surface area contributed by atoms with E-state index < -0.39 is 53.6 Å². The number of aliphatic carboxylic acids is 1. The highest BCUT2D eigenvalue weighted by atomic mass is 16.6. The number of carbonyl (C=O) groups excluding carboxylic acids is 5. The molecule has 1 fully saturated rings. The first-order valence-corrected chi connectivity index (χ1v) is 26.7. The molecule has 1 aliphatic heterocycles. The molecule has 8 atom stereocenters. The lowest BCUT2D eigenvalue weighted by molar-refractivity contribution is -0.151. The molecule has 1 aromatic rings. The standard InChI is InChI=1S/C55H94N4O15/c1-12-40(4)51(47(67-10)38-50(63)59-22-16-19-45(59)52(68-11)41(5)46(60)36-43(54(65)66)35-42-17-14-13-15-18-42)57(8)53(64)44(39(2)3)37-48(61)55(6,7)58(9)49(62)20-23-69-25-27-71-29-31-73-33-34-74-32-30-72-28-26-70-24-21-56/h13-15,17-18,39-41,43-45,47,51-52H,12,16,19-38,56H2,1-11H3,(H,65,66)/t40-,41-,43+,44-,45-,47+,51-,52+/m0/s1. The van der Waals surface area contributed by atoms with Gasteiger partial charge in [0.25, 0.3) is 0 Å². The van der Waals surface area contributed by atoms with Crippen LogP contribution < -0.4 is 5.73 Å². The fraction of sp³-hybridized carbons (Fsp3) is 0.782. The Balaban J connectivity index is 1.95. The molecule has 1 saturated heterocycles. The summed E-state index contributed by atoms with van der Waals surface area (Å²) in [6.07, 6.45) is 0.551. The van der Waals surface area contributed by atoms with Gasteiger partial charge in [0, 0.05) is 66.1 Å². The van der Waals surface area contributed by atoms with Crippen LogP contribution >= 0.6 is 0 Å². The predicted octanol–water partition coefficient (Wildman–Crippen LogP) is 4.73. The molecule has 0 radical (unpaired) electrons. The van der Waals surface area contributed by atoms with Crippen LogP contribution in [0.2, 0.25) is 0 Å². The van der Waals surface area contributed by atoms with Crippen LogP contribution in [0.25, 0.3) is 0 Å². The third-order valence-electron chi connectivity index (χ3n) is 14.5. The van der Waals surface area contributed by atoms with Gasteiger partial charge in [0.1, 0.15) is 5.78 Å². The number of ketones is 2. The van der Waals surface area contributed by atoms with E-state index in [2.05, 4.69) is 0 Å². The van der Waals surface area contributed by atoms with Crippen molar-refractivity contribution in [2.24, 2.45) is 35.3 Å². The minimum Gasteiger partial charge on any atom is -0.481 e. The molecular formula is C55H94N4O15. The number of carboxylic acid groups (broad SMARTS) is 1. The van der Waals surface area contributed by atoms with E-state index in [0.29, 0.717) is 98.4 Å². The molecule has 3 amide bonds. The van der Waals surface area contributed by atoms with E-state index in [1.54, 1.807) is 44.7 Å². The second kappa shape index (κ2) is 36.2. The molecule has 0 aromatic heterocycles. The Bertz CT molecular complexity index is 1790. The highest BCUT2D eigenvalue weighted by molar-refractivity contribution is 5.95. The van der Waals surface area contributed by atoms with Crippen molar-refractivity contribution < 1.29 is 71.8 Å². The van der Waals surface area contributed by atoms with Gasteiger partial charge in [0.2, 0.25) is 17.7 Å². The quantitative estimate of drug-likeness (QED) is 0.0844. The van der Waals surface area contributed by atoms with E-state index in [9.17, 15) is 33.9 Å². The van der Waals surface area contributed by atoms with Crippen molar-refractivity contribution in [1.29, 1.82) is 0 Å². The van der Waals surface area contributed by atoms with Gasteiger partial charge in [-0.3, -0.25) is 28.8 Å². The Morgan fingerprint density at radius 1 is 0.757 bits per heavy atom. The fourth-order valence-corrected chi connectivity index (χ4v) is 9.34. The van der Waals surface area contributed by atoms with Crippen molar-refractivity contribution in [3.63, 3.8) is 0 Å². The third kappa shape index (κ3) is 22.3. The zero-order valence-corrected chi connectivity index (χ0v) is 46.7. The van der Waals surface area contributed by atoms with Crippen molar-refractivity contribution in [2.45, 2.75) is 130 Å². The average Bonchev–Trinajstić information content (AvgIpc) is 3.87. The van der Waals surface area contributed by atoms with Crippen molar-refractivity contribution >= 4 is 35.3 Å². The number of ether oxygens (including phenoxy) is 8. The number of rotatable bonds is 42. The number of Topliss-reactive ketones (excluding diaryl/α,β-unsaturated/α-hetero) is 2. The van der Waals surface area contributed by atoms with Crippen LogP contribution in [0.4, 0.5) is 0 Å². The SMILES string of the molecule is CC[C@H](C)[C@@H]([C@@H](CC(=O)N1CCC[C@H]1[C@H](OC)[C@@H](C)C(=O)C[C@@H](Cc1ccccc1)C(=O)O)OC)N(C)C(=O)[C@@H](CC(=O)C(C)(C)N(C)C(=O)CCOCCOCCOCCOCCOCCOCCN)C(C)C. The zero-order chi connectivity index (χ0) is 55.2. The Morgan fingerprint density at radius 3 is 1.76 bits per heavy atom.